The minimum absolute atomic E-state index is 0.0182. The number of nitrogens with one attached hydrogen (secondary N) is 1. The summed E-state index contributed by atoms with van der Waals surface area (Å²) in [6, 6.07) is 8.50. The zero-order valence-corrected chi connectivity index (χ0v) is 16.6. The molecule has 0 saturated heterocycles. The van der Waals surface area contributed by atoms with Crippen molar-refractivity contribution in [2.24, 2.45) is 5.92 Å². The molecule has 1 fully saturated rings. The molecule has 1 N–H and O–H groups in total. The third-order valence-corrected chi connectivity index (χ3v) is 5.11. The SMILES string of the molecule is O=C(NCCOC(=O)C1CC1c1ccccc1C(F)(F)F)c1ccc([N+](=O)[O-])cc1Cl. The van der Waals surface area contributed by atoms with E-state index in [1.807, 2.05) is 0 Å². The van der Waals surface area contributed by atoms with Gasteiger partial charge < -0.3 is 10.1 Å². The van der Waals surface area contributed by atoms with Crippen molar-refractivity contribution < 1.29 is 32.4 Å². The Bertz CT molecular complexity index is 1030. The van der Waals surface area contributed by atoms with Crippen molar-refractivity contribution in [1.29, 1.82) is 0 Å². The van der Waals surface area contributed by atoms with Gasteiger partial charge in [-0.15, -0.1) is 0 Å². The monoisotopic (exact) mass is 456 g/mol. The second-order valence-electron chi connectivity index (χ2n) is 6.88. The Morgan fingerprint density at radius 1 is 1.23 bits per heavy atom. The number of esters is 1. The Balaban J connectivity index is 1.48. The molecule has 0 spiro atoms. The zero-order chi connectivity index (χ0) is 22.8. The Kier molecular flexibility index (Phi) is 6.49. The normalized spacial score (nSPS) is 17.7. The summed E-state index contributed by atoms with van der Waals surface area (Å²) in [5.41, 5.74) is -0.938. The summed E-state index contributed by atoms with van der Waals surface area (Å²) in [6.45, 7) is -0.242. The molecule has 0 heterocycles. The van der Waals surface area contributed by atoms with Crippen LogP contribution in [-0.2, 0) is 15.7 Å². The number of non-ortho nitro benzene ring substituents is 1. The largest absolute Gasteiger partial charge is 0.464 e. The standard InChI is InChI=1S/C20H16ClF3N2O5/c21-17-9-11(26(29)30)5-6-13(17)18(27)25-7-8-31-19(28)15-10-14(15)12-3-1-2-4-16(12)20(22,23)24/h1-6,9,14-15H,7-8,10H2,(H,25,27). The van der Waals surface area contributed by atoms with Crippen LogP contribution in [0, 0.1) is 16.0 Å². The molecular formula is C20H16ClF3N2O5. The second kappa shape index (κ2) is 8.93. The minimum Gasteiger partial charge on any atom is -0.464 e. The van der Waals surface area contributed by atoms with Crippen LogP contribution in [-0.4, -0.2) is 30.0 Å². The van der Waals surface area contributed by atoms with Crippen molar-refractivity contribution in [2.75, 3.05) is 13.2 Å². The highest BCUT2D eigenvalue weighted by Gasteiger charge is 2.48. The third kappa shape index (κ3) is 5.32. The minimum atomic E-state index is -4.50. The lowest BCUT2D eigenvalue weighted by Crippen LogP contribution is -2.28. The number of nitro groups is 1. The van der Waals surface area contributed by atoms with Crippen molar-refractivity contribution in [2.45, 2.75) is 18.5 Å². The molecule has 0 aliphatic heterocycles. The van der Waals surface area contributed by atoms with Crippen LogP contribution in [0.3, 0.4) is 0 Å². The lowest BCUT2D eigenvalue weighted by Gasteiger charge is -2.12. The molecule has 0 bridgehead atoms. The second-order valence-corrected chi connectivity index (χ2v) is 7.29. The average molecular weight is 457 g/mol. The predicted octanol–water partition coefficient (Wildman–Crippen LogP) is 4.34. The van der Waals surface area contributed by atoms with E-state index in [0.29, 0.717) is 0 Å². The van der Waals surface area contributed by atoms with Gasteiger partial charge in [0.1, 0.15) is 6.61 Å². The molecule has 1 aliphatic rings. The molecule has 1 aliphatic carbocycles. The first-order chi connectivity index (χ1) is 14.6. The number of carbonyl (C=O) groups excluding carboxylic acids is 2. The summed E-state index contributed by atoms with van der Waals surface area (Å²) >= 11 is 5.87. The van der Waals surface area contributed by atoms with E-state index < -0.39 is 40.4 Å². The summed E-state index contributed by atoms with van der Waals surface area (Å²) < 4.78 is 44.4. The summed E-state index contributed by atoms with van der Waals surface area (Å²) in [5, 5.41) is 13.0. The summed E-state index contributed by atoms with van der Waals surface area (Å²) in [7, 11) is 0. The highest BCUT2D eigenvalue weighted by molar-refractivity contribution is 6.34. The topological polar surface area (TPSA) is 98.5 Å². The van der Waals surface area contributed by atoms with Gasteiger partial charge >= 0.3 is 12.1 Å². The molecule has 2 atom stereocenters. The number of amides is 1. The first-order valence-corrected chi connectivity index (χ1v) is 9.52. The Morgan fingerprint density at radius 3 is 2.58 bits per heavy atom. The number of nitrogens with zero attached hydrogens (tertiary/aromatic N) is 1. The fourth-order valence-electron chi connectivity index (χ4n) is 3.20. The van der Waals surface area contributed by atoms with Crippen molar-refractivity contribution >= 4 is 29.2 Å². The first-order valence-electron chi connectivity index (χ1n) is 9.14. The molecule has 2 aromatic rings. The van der Waals surface area contributed by atoms with E-state index in [-0.39, 0.29) is 41.4 Å². The summed E-state index contributed by atoms with van der Waals surface area (Å²) in [5.74, 6) is -2.47. The van der Waals surface area contributed by atoms with E-state index in [1.54, 1.807) is 0 Å². The number of benzene rings is 2. The highest BCUT2D eigenvalue weighted by atomic mass is 35.5. The molecule has 2 unspecified atom stereocenters. The van der Waals surface area contributed by atoms with Gasteiger partial charge in [0.2, 0.25) is 0 Å². The number of rotatable bonds is 7. The van der Waals surface area contributed by atoms with Gasteiger partial charge in [-0.2, -0.15) is 13.2 Å². The fourth-order valence-corrected chi connectivity index (χ4v) is 3.46. The highest BCUT2D eigenvalue weighted by Crippen LogP contribution is 2.51. The van der Waals surface area contributed by atoms with Crippen LogP contribution in [0.15, 0.2) is 42.5 Å². The molecule has 31 heavy (non-hydrogen) atoms. The lowest BCUT2D eigenvalue weighted by atomic mass is 10.0. The van der Waals surface area contributed by atoms with Crippen LogP contribution < -0.4 is 5.32 Å². The van der Waals surface area contributed by atoms with E-state index >= 15 is 0 Å². The number of alkyl halides is 3. The average Bonchev–Trinajstić information content (AvgIpc) is 3.51. The quantitative estimate of drug-likeness (QED) is 0.289. The van der Waals surface area contributed by atoms with Crippen molar-refractivity contribution in [3.63, 3.8) is 0 Å². The molecule has 0 aromatic heterocycles. The molecule has 0 radical (unpaired) electrons. The lowest BCUT2D eigenvalue weighted by molar-refractivity contribution is -0.384. The van der Waals surface area contributed by atoms with Crippen LogP contribution in [0.25, 0.3) is 0 Å². The van der Waals surface area contributed by atoms with Gasteiger partial charge in [0, 0.05) is 12.1 Å². The molecule has 1 saturated carbocycles. The van der Waals surface area contributed by atoms with Gasteiger partial charge in [-0.25, -0.2) is 0 Å². The van der Waals surface area contributed by atoms with E-state index in [4.69, 9.17) is 16.3 Å². The van der Waals surface area contributed by atoms with Crippen LogP contribution in [0.4, 0.5) is 18.9 Å². The summed E-state index contributed by atoms with van der Waals surface area (Å²) in [4.78, 5) is 34.3. The van der Waals surface area contributed by atoms with Crippen molar-refractivity contribution in [1.82, 2.24) is 5.32 Å². The van der Waals surface area contributed by atoms with Crippen LogP contribution in [0.5, 0.6) is 0 Å². The van der Waals surface area contributed by atoms with Crippen molar-refractivity contribution in [3.05, 3.63) is 74.3 Å². The summed E-state index contributed by atoms with van der Waals surface area (Å²) in [6.07, 6.45) is -4.24. The maximum atomic E-state index is 13.1. The Labute approximate surface area is 179 Å². The van der Waals surface area contributed by atoms with Gasteiger partial charge in [-0.05, 0) is 30.0 Å². The van der Waals surface area contributed by atoms with Crippen molar-refractivity contribution in [3.8, 4) is 0 Å². The maximum absolute atomic E-state index is 13.1. The van der Waals surface area contributed by atoms with Gasteiger partial charge in [0.25, 0.3) is 11.6 Å². The van der Waals surface area contributed by atoms with E-state index in [0.717, 1.165) is 18.2 Å². The number of nitro benzene ring substituents is 1. The molecule has 164 valence electrons. The first kappa shape index (κ1) is 22.5. The number of hydrogen-bond acceptors (Lipinski definition) is 5. The van der Waals surface area contributed by atoms with Gasteiger partial charge in [-0.1, -0.05) is 29.8 Å². The molecule has 11 heteroatoms. The predicted molar refractivity (Wildman–Crippen MR) is 104 cm³/mol. The Morgan fingerprint density at radius 2 is 1.94 bits per heavy atom. The number of halogens is 4. The maximum Gasteiger partial charge on any atom is 0.416 e. The van der Waals surface area contributed by atoms with E-state index in [2.05, 4.69) is 5.32 Å². The zero-order valence-electron chi connectivity index (χ0n) is 15.8. The van der Waals surface area contributed by atoms with E-state index in [9.17, 15) is 32.9 Å². The van der Waals surface area contributed by atoms with Gasteiger partial charge in [0.05, 0.1) is 33.5 Å². The van der Waals surface area contributed by atoms with E-state index in [1.165, 1.54) is 24.3 Å². The molecule has 2 aromatic carbocycles. The number of carbonyl (C=O) groups is 2. The van der Waals surface area contributed by atoms with Crippen LogP contribution >= 0.6 is 11.6 Å². The number of ether oxygens (including phenoxy) is 1. The fraction of sp³-hybridized carbons (Fsp3) is 0.300. The number of hydrogen-bond donors (Lipinski definition) is 1. The van der Waals surface area contributed by atoms with Crippen LogP contribution in [0.1, 0.15) is 33.8 Å². The Hall–Kier alpha value is -3.14. The molecule has 3 rings (SSSR count). The third-order valence-electron chi connectivity index (χ3n) is 4.80. The van der Waals surface area contributed by atoms with Gasteiger partial charge in [0.15, 0.2) is 0 Å². The van der Waals surface area contributed by atoms with Gasteiger partial charge in [-0.3, -0.25) is 19.7 Å². The molecular weight excluding hydrogens is 441 g/mol. The molecule has 7 nitrogen and oxygen atoms in total. The molecule has 1 amide bonds. The van der Waals surface area contributed by atoms with Crippen LogP contribution in [0.2, 0.25) is 5.02 Å². The smallest absolute Gasteiger partial charge is 0.416 e.